The summed E-state index contributed by atoms with van der Waals surface area (Å²) >= 11 is 0. The minimum Gasteiger partial charge on any atom is -0.464 e. The quantitative estimate of drug-likeness (QED) is 0.661. The molecule has 2 rings (SSSR count). The Balaban J connectivity index is 2.29. The van der Waals surface area contributed by atoms with Crippen LogP contribution in [0.5, 0.6) is 0 Å². The van der Waals surface area contributed by atoms with Crippen LogP contribution in [0.3, 0.4) is 0 Å². The molecule has 0 radical (unpaired) electrons. The Bertz CT molecular complexity index is 598. The monoisotopic (exact) mass is 367 g/mol. The van der Waals surface area contributed by atoms with Gasteiger partial charge in [-0.3, -0.25) is 4.79 Å². The van der Waals surface area contributed by atoms with Crippen molar-refractivity contribution in [1.82, 2.24) is 4.90 Å². The third-order valence-corrected chi connectivity index (χ3v) is 4.08. The minimum atomic E-state index is -0.938. The lowest BCUT2D eigenvalue weighted by molar-refractivity contribution is -0.157. The zero-order valence-corrected chi connectivity index (χ0v) is 15.4. The summed E-state index contributed by atoms with van der Waals surface area (Å²) < 4.78 is 29.3. The first-order chi connectivity index (χ1) is 12.4. The van der Waals surface area contributed by atoms with E-state index in [4.69, 9.17) is 14.2 Å². The van der Waals surface area contributed by atoms with E-state index in [-0.39, 0.29) is 25.0 Å². The van der Waals surface area contributed by atoms with E-state index < -0.39 is 24.1 Å². The molecule has 1 aliphatic rings. The van der Waals surface area contributed by atoms with Gasteiger partial charge in [-0.2, -0.15) is 0 Å². The lowest BCUT2D eigenvalue weighted by atomic mass is 10.0. The van der Waals surface area contributed by atoms with E-state index in [1.165, 1.54) is 29.2 Å². The van der Waals surface area contributed by atoms with Gasteiger partial charge in [-0.05, 0) is 24.6 Å². The molecule has 1 aliphatic heterocycles. The predicted octanol–water partition coefficient (Wildman–Crippen LogP) is 2.68. The van der Waals surface area contributed by atoms with Crippen LogP contribution in [-0.4, -0.2) is 49.4 Å². The van der Waals surface area contributed by atoms with Gasteiger partial charge in [0.15, 0.2) is 12.3 Å². The van der Waals surface area contributed by atoms with Gasteiger partial charge in [0.05, 0.1) is 19.8 Å². The van der Waals surface area contributed by atoms with Crippen LogP contribution >= 0.6 is 0 Å². The standard InChI is InChI=1S/C19H26FNO5/c1-4-24-19(23)17(14-5-7-15(20)8-6-14)21(18(22)13(2)3)10-9-16-25-11-12-26-16/h5-8,13,16-17H,4,9-12H2,1-3H3. The van der Waals surface area contributed by atoms with Crippen molar-refractivity contribution < 1.29 is 28.2 Å². The van der Waals surface area contributed by atoms with Crippen molar-refractivity contribution in [2.24, 2.45) is 5.92 Å². The Morgan fingerprint density at radius 3 is 2.38 bits per heavy atom. The van der Waals surface area contributed by atoms with Gasteiger partial charge >= 0.3 is 5.97 Å². The predicted molar refractivity (Wildman–Crippen MR) is 92.6 cm³/mol. The molecule has 1 heterocycles. The van der Waals surface area contributed by atoms with Crippen LogP contribution in [0.4, 0.5) is 4.39 Å². The molecular formula is C19H26FNO5. The molecule has 26 heavy (non-hydrogen) atoms. The van der Waals surface area contributed by atoms with Crippen LogP contribution < -0.4 is 0 Å². The fourth-order valence-corrected chi connectivity index (χ4v) is 2.83. The topological polar surface area (TPSA) is 65.1 Å². The van der Waals surface area contributed by atoms with Crippen molar-refractivity contribution in [3.8, 4) is 0 Å². The fourth-order valence-electron chi connectivity index (χ4n) is 2.83. The first-order valence-electron chi connectivity index (χ1n) is 8.89. The van der Waals surface area contributed by atoms with Gasteiger partial charge in [0.2, 0.25) is 5.91 Å². The second-order valence-corrected chi connectivity index (χ2v) is 6.35. The summed E-state index contributed by atoms with van der Waals surface area (Å²) in [5.74, 6) is -1.45. The molecular weight excluding hydrogens is 341 g/mol. The lowest BCUT2D eigenvalue weighted by Crippen LogP contribution is -2.43. The highest BCUT2D eigenvalue weighted by Gasteiger charge is 2.34. The van der Waals surface area contributed by atoms with Crippen LogP contribution in [0.2, 0.25) is 0 Å². The summed E-state index contributed by atoms with van der Waals surface area (Å²) in [5.41, 5.74) is 0.507. The number of esters is 1. The van der Waals surface area contributed by atoms with Gasteiger partial charge in [0.25, 0.3) is 0 Å². The molecule has 144 valence electrons. The highest BCUT2D eigenvalue weighted by molar-refractivity contribution is 5.86. The Hall–Kier alpha value is -1.99. The average molecular weight is 367 g/mol. The van der Waals surface area contributed by atoms with Crippen molar-refractivity contribution >= 4 is 11.9 Å². The van der Waals surface area contributed by atoms with Crippen LogP contribution in [0, 0.1) is 11.7 Å². The van der Waals surface area contributed by atoms with Gasteiger partial charge in [-0.25, -0.2) is 9.18 Å². The summed E-state index contributed by atoms with van der Waals surface area (Å²) in [6.45, 7) is 6.73. The Kier molecular flexibility index (Phi) is 7.53. The zero-order valence-electron chi connectivity index (χ0n) is 15.4. The molecule has 1 unspecified atom stereocenters. The molecule has 1 fully saturated rings. The van der Waals surface area contributed by atoms with Crippen molar-refractivity contribution in [2.75, 3.05) is 26.4 Å². The molecule has 1 atom stereocenters. The molecule has 6 nitrogen and oxygen atoms in total. The van der Waals surface area contributed by atoms with Crippen molar-refractivity contribution in [3.63, 3.8) is 0 Å². The van der Waals surface area contributed by atoms with E-state index in [0.29, 0.717) is 25.2 Å². The number of benzene rings is 1. The molecule has 0 aliphatic carbocycles. The Labute approximate surface area is 153 Å². The number of nitrogens with zero attached hydrogens (tertiary/aromatic N) is 1. The van der Waals surface area contributed by atoms with Gasteiger partial charge in [0, 0.05) is 18.9 Å². The summed E-state index contributed by atoms with van der Waals surface area (Å²) in [6.07, 6.45) is 0.0452. The third kappa shape index (κ3) is 5.25. The minimum absolute atomic E-state index is 0.189. The van der Waals surface area contributed by atoms with Crippen LogP contribution in [0.25, 0.3) is 0 Å². The largest absolute Gasteiger partial charge is 0.464 e. The van der Waals surface area contributed by atoms with Crippen LogP contribution in [0.15, 0.2) is 24.3 Å². The number of halogens is 1. The number of ether oxygens (including phenoxy) is 3. The average Bonchev–Trinajstić information content (AvgIpc) is 3.12. The highest BCUT2D eigenvalue weighted by atomic mass is 19.1. The molecule has 0 aromatic heterocycles. The van der Waals surface area contributed by atoms with Gasteiger partial charge in [0.1, 0.15) is 5.82 Å². The van der Waals surface area contributed by atoms with E-state index in [0.717, 1.165) is 0 Å². The maximum Gasteiger partial charge on any atom is 0.333 e. The molecule has 0 N–H and O–H groups in total. The third-order valence-electron chi connectivity index (χ3n) is 4.08. The summed E-state index contributed by atoms with van der Waals surface area (Å²) in [4.78, 5) is 26.9. The molecule has 7 heteroatoms. The van der Waals surface area contributed by atoms with Gasteiger partial charge in [-0.1, -0.05) is 26.0 Å². The molecule has 0 bridgehead atoms. The molecule has 1 aromatic carbocycles. The summed E-state index contributed by atoms with van der Waals surface area (Å²) in [5, 5.41) is 0. The van der Waals surface area contributed by atoms with E-state index >= 15 is 0 Å². The Morgan fingerprint density at radius 2 is 1.85 bits per heavy atom. The van der Waals surface area contributed by atoms with Crippen molar-refractivity contribution in [2.45, 2.75) is 39.5 Å². The van der Waals surface area contributed by atoms with Gasteiger partial charge in [-0.15, -0.1) is 0 Å². The second kappa shape index (κ2) is 9.64. The first-order valence-corrected chi connectivity index (χ1v) is 8.89. The maximum atomic E-state index is 13.3. The number of rotatable bonds is 8. The lowest BCUT2D eigenvalue weighted by Gasteiger charge is -2.32. The number of carbonyl (C=O) groups is 2. The maximum absolute atomic E-state index is 13.3. The normalized spacial score (nSPS) is 15.9. The van der Waals surface area contributed by atoms with E-state index in [9.17, 15) is 14.0 Å². The summed E-state index contributed by atoms with van der Waals surface area (Å²) in [7, 11) is 0. The molecule has 1 aromatic rings. The van der Waals surface area contributed by atoms with Crippen LogP contribution in [-0.2, 0) is 23.8 Å². The van der Waals surface area contributed by atoms with Gasteiger partial charge < -0.3 is 19.1 Å². The fraction of sp³-hybridized carbons (Fsp3) is 0.579. The Morgan fingerprint density at radius 1 is 1.23 bits per heavy atom. The highest BCUT2D eigenvalue weighted by Crippen LogP contribution is 2.26. The number of amides is 1. The first kappa shape index (κ1) is 20.3. The van der Waals surface area contributed by atoms with E-state index in [1.807, 2.05) is 0 Å². The van der Waals surface area contributed by atoms with Crippen molar-refractivity contribution in [3.05, 3.63) is 35.6 Å². The van der Waals surface area contributed by atoms with E-state index in [2.05, 4.69) is 0 Å². The number of hydrogen-bond acceptors (Lipinski definition) is 5. The summed E-state index contributed by atoms with van der Waals surface area (Å²) in [6, 6.07) is 4.60. The zero-order chi connectivity index (χ0) is 19.1. The number of hydrogen-bond donors (Lipinski definition) is 0. The van der Waals surface area contributed by atoms with Crippen LogP contribution in [0.1, 0.15) is 38.8 Å². The molecule has 1 amide bonds. The van der Waals surface area contributed by atoms with Crippen molar-refractivity contribution in [1.29, 1.82) is 0 Å². The smallest absolute Gasteiger partial charge is 0.333 e. The molecule has 1 saturated heterocycles. The molecule has 0 saturated carbocycles. The SMILES string of the molecule is CCOC(=O)C(c1ccc(F)cc1)N(CCC1OCCO1)C(=O)C(C)C. The molecule has 0 spiro atoms. The second-order valence-electron chi connectivity index (χ2n) is 6.35. The van der Waals surface area contributed by atoms with E-state index in [1.54, 1.807) is 20.8 Å². The number of carbonyl (C=O) groups excluding carboxylic acids is 2.